The van der Waals surface area contributed by atoms with Gasteiger partial charge in [0.25, 0.3) is 0 Å². The van der Waals surface area contributed by atoms with Gasteiger partial charge in [0, 0.05) is 18.5 Å². The van der Waals surface area contributed by atoms with E-state index in [4.69, 9.17) is 14.1 Å². The molecule has 1 aliphatic heterocycles. The van der Waals surface area contributed by atoms with Crippen molar-refractivity contribution in [1.82, 2.24) is 9.88 Å². The minimum Gasteiger partial charge on any atom is -0.490 e. The Hall–Kier alpha value is -2.41. The number of para-hydroxylation sites is 1. The molecule has 3 heterocycles. The van der Waals surface area contributed by atoms with Crippen molar-refractivity contribution in [1.29, 1.82) is 0 Å². The molecule has 0 spiro atoms. The first-order valence-corrected chi connectivity index (χ1v) is 11.8. The molecule has 6 heteroatoms. The molecule has 0 aliphatic carbocycles. The number of β-amino-alcohol motifs (C(OH)–C–C–N with tert-alkyl or cyclic N) is 1. The number of fused-ring (bicyclic) bond motifs is 2. The van der Waals surface area contributed by atoms with Gasteiger partial charge in [-0.05, 0) is 63.1 Å². The molecule has 0 radical (unpaired) electrons. The van der Waals surface area contributed by atoms with Crippen LogP contribution in [0.25, 0.3) is 21.2 Å². The number of piperidine rings is 1. The summed E-state index contributed by atoms with van der Waals surface area (Å²) in [4.78, 5) is 7.34. The number of likely N-dealkylation sites (tertiary alicyclic amines) is 1. The smallest absolute Gasteiger partial charge is 0.137 e. The zero-order valence-corrected chi connectivity index (χ0v) is 18.8. The molecule has 162 valence electrons. The minimum absolute atomic E-state index is 0.272. The molecule has 0 bridgehead atoms. The van der Waals surface area contributed by atoms with Crippen molar-refractivity contribution in [3.8, 4) is 5.75 Å². The molecule has 1 saturated heterocycles. The molecule has 5 rings (SSSR count). The number of aryl methyl sites for hydroxylation is 1. The summed E-state index contributed by atoms with van der Waals surface area (Å²) in [6.07, 6.45) is 3.27. The first-order valence-electron chi connectivity index (χ1n) is 11.0. The lowest BCUT2D eigenvalue weighted by atomic mass is 9.92. The summed E-state index contributed by atoms with van der Waals surface area (Å²) in [5, 5.41) is 12.8. The SMILES string of the molecule is Cc1cccc2sc([C@@H]3CCN(C[C@H](O)COc4cccc5occc45)[C@@H](C)C3)nc12. The van der Waals surface area contributed by atoms with Gasteiger partial charge >= 0.3 is 0 Å². The Balaban J connectivity index is 1.18. The van der Waals surface area contributed by atoms with E-state index in [2.05, 4.69) is 36.9 Å². The second kappa shape index (κ2) is 8.61. The largest absolute Gasteiger partial charge is 0.490 e. The zero-order valence-electron chi connectivity index (χ0n) is 18.0. The van der Waals surface area contributed by atoms with Crippen LogP contribution in [0.1, 0.15) is 36.3 Å². The van der Waals surface area contributed by atoms with E-state index in [1.54, 1.807) is 6.26 Å². The van der Waals surface area contributed by atoms with Gasteiger partial charge < -0.3 is 14.3 Å². The van der Waals surface area contributed by atoms with Crippen LogP contribution >= 0.6 is 11.3 Å². The molecule has 1 aliphatic rings. The van der Waals surface area contributed by atoms with Gasteiger partial charge in [0.1, 0.15) is 24.0 Å². The van der Waals surface area contributed by atoms with Gasteiger partial charge in [-0.2, -0.15) is 0 Å². The Morgan fingerprint density at radius 2 is 2.13 bits per heavy atom. The number of furan rings is 1. The van der Waals surface area contributed by atoms with Gasteiger partial charge in [0.15, 0.2) is 0 Å². The molecule has 0 unspecified atom stereocenters. The van der Waals surface area contributed by atoms with Gasteiger partial charge in [-0.3, -0.25) is 4.90 Å². The number of benzene rings is 2. The summed E-state index contributed by atoms with van der Waals surface area (Å²) in [6.45, 7) is 6.25. The average molecular weight is 437 g/mol. The topological polar surface area (TPSA) is 58.7 Å². The van der Waals surface area contributed by atoms with Gasteiger partial charge in [0.05, 0.1) is 26.9 Å². The maximum Gasteiger partial charge on any atom is 0.137 e. The Morgan fingerprint density at radius 3 is 2.97 bits per heavy atom. The van der Waals surface area contributed by atoms with Crippen LogP contribution in [0.15, 0.2) is 53.1 Å². The fourth-order valence-corrected chi connectivity index (χ4v) is 5.79. The molecule has 3 atom stereocenters. The van der Waals surface area contributed by atoms with E-state index in [9.17, 15) is 5.11 Å². The minimum atomic E-state index is -0.536. The van der Waals surface area contributed by atoms with Crippen LogP contribution in [0, 0.1) is 6.92 Å². The predicted octanol–water partition coefficient (Wildman–Crippen LogP) is 5.36. The van der Waals surface area contributed by atoms with Gasteiger partial charge in [0.2, 0.25) is 0 Å². The van der Waals surface area contributed by atoms with E-state index in [-0.39, 0.29) is 6.61 Å². The number of aliphatic hydroxyl groups is 1. The second-order valence-electron chi connectivity index (χ2n) is 8.59. The van der Waals surface area contributed by atoms with Crippen molar-refractivity contribution in [2.75, 3.05) is 19.7 Å². The molecule has 0 saturated carbocycles. The molecule has 2 aromatic carbocycles. The van der Waals surface area contributed by atoms with Crippen LogP contribution in [0.5, 0.6) is 5.75 Å². The summed E-state index contributed by atoms with van der Waals surface area (Å²) in [6, 6.07) is 14.4. The lowest BCUT2D eigenvalue weighted by molar-refractivity contribution is 0.0405. The third-order valence-corrected chi connectivity index (χ3v) is 7.52. The van der Waals surface area contributed by atoms with Crippen molar-refractivity contribution < 1.29 is 14.3 Å². The number of nitrogens with zero attached hydrogens (tertiary/aromatic N) is 2. The fourth-order valence-electron chi connectivity index (χ4n) is 4.60. The molecule has 2 aromatic heterocycles. The Morgan fingerprint density at radius 1 is 1.26 bits per heavy atom. The molecule has 5 nitrogen and oxygen atoms in total. The van der Waals surface area contributed by atoms with Gasteiger partial charge in [-0.25, -0.2) is 4.98 Å². The quantitative estimate of drug-likeness (QED) is 0.441. The molecule has 4 aromatic rings. The van der Waals surface area contributed by atoms with Crippen molar-refractivity contribution in [2.24, 2.45) is 0 Å². The first-order chi connectivity index (χ1) is 15.1. The van der Waals surface area contributed by atoms with Gasteiger partial charge in [-0.15, -0.1) is 11.3 Å². The predicted molar refractivity (Wildman–Crippen MR) is 125 cm³/mol. The fraction of sp³-hybridized carbons (Fsp3) is 0.400. The van der Waals surface area contributed by atoms with Crippen LogP contribution in [-0.2, 0) is 0 Å². The summed E-state index contributed by atoms with van der Waals surface area (Å²) in [7, 11) is 0. The number of aromatic nitrogens is 1. The number of hydrogen-bond donors (Lipinski definition) is 1. The summed E-state index contributed by atoms with van der Waals surface area (Å²) >= 11 is 1.84. The monoisotopic (exact) mass is 436 g/mol. The highest BCUT2D eigenvalue weighted by atomic mass is 32.1. The molecule has 1 fully saturated rings. The molecule has 31 heavy (non-hydrogen) atoms. The lowest BCUT2D eigenvalue weighted by Gasteiger charge is -2.38. The number of aliphatic hydroxyl groups excluding tert-OH is 1. The van der Waals surface area contributed by atoms with Crippen molar-refractivity contribution in [2.45, 2.75) is 44.8 Å². The summed E-state index contributed by atoms with van der Waals surface area (Å²) in [5.74, 6) is 1.25. The number of rotatable bonds is 6. The Bertz CT molecular complexity index is 1180. The van der Waals surface area contributed by atoms with E-state index in [0.29, 0.717) is 18.5 Å². The normalized spacial score (nSPS) is 21.0. The standard InChI is InChI=1S/C25H28N2O3S/c1-16-5-3-8-23-24(16)26-25(31-23)18-9-11-27(17(2)13-18)14-19(28)15-30-22-7-4-6-21-20(22)10-12-29-21/h3-8,10,12,17-19,28H,9,11,13-15H2,1-2H3/t17-,18+,19-/m0/s1. The average Bonchev–Trinajstić information content (AvgIpc) is 3.41. The zero-order chi connectivity index (χ0) is 21.4. The van der Waals surface area contributed by atoms with E-state index >= 15 is 0 Å². The highest BCUT2D eigenvalue weighted by molar-refractivity contribution is 7.18. The summed E-state index contributed by atoms with van der Waals surface area (Å²) in [5.41, 5.74) is 3.20. The molecular weight excluding hydrogens is 408 g/mol. The number of thiazole rings is 1. The summed E-state index contributed by atoms with van der Waals surface area (Å²) < 4.78 is 12.6. The Labute approximate surface area is 186 Å². The van der Waals surface area contributed by atoms with Crippen LogP contribution < -0.4 is 4.74 Å². The molecule has 1 N–H and O–H groups in total. The maximum atomic E-state index is 10.6. The van der Waals surface area contributed by atoms with Crippen molar-refractivity contribution in [3.05, 3.63) is 59.3 Å². The van der Waals surface area contributed by atoms with Crippen LogP contribution in [0.2, 0.25) is 0 Å². The van der Waals surface area contributed by atoms with E-state index in [0.717, 1.165) is 41.6 Å². The molecular formula is C25H28N2O3S. The third-order valence-electron chi connectivity index (χ3n) is 6.33. The highest BCUT2D eigenvalue weighted by Crippen LogP contribution is 2.36. The van der Waals surface area contributed by atoms with Crippen LogP contribution in [0.4, 0.5) is 0 Å². The number of hydrogen-bond acceptors (Lipinski definition) is 6. The van der Waals surface area contributed by atoms with E-state index in [1.807, 2.05) is 35.6 Å². The van der Waals surface area contributed by atoms with Crippen molar-refractivity contribution in [3.63, 3.8) is 0 Å². The maximum absolute atomic E-state index is 10.6. The lowest BCUT2D eigenvalue weighted by Crippen LogP contribution is -2.45. The molecule has 0 amide bonds. The Kier molecular flexibility index (Phi) is 5.69. The van der Waals surface area contributed by atoms with Gasteiger partial charge in [-0.1, -0.05) is 18.2 Å². The second-order valence-corrected chi connectivity index (χ2v) is 9.65. The van der Waals surface area contributed by atoms with Crippen LogP contribution in [-0.4, -0.2) is 46.8 Å². The number of ether oxygens (including phenoxy) is 1. The highest BCUT2D eigenvalue weighted by Gasteiger charge is 2.29. The van der Waals surface area contributed by atoms with Crippen LogP contribution in [0.3, 0.4) is 0 Å². The third kappa shape index (κ3) is 4.20. The van der Waals surface area contributed by atoms with Crippen molar-refractivity contribution >= 4 is 32.5 Å². The first kappa shape index (κ1) is 20.5. The van der Waals surface area contributed by atoms with E-state index in [1.165, 1.54) is 15.3 Å². The van der Waals surface area contributed by atoms with E-state index < -0.39 is 6.10 Å².